The summed E-state index contributed by atoms with van der Waals surface area (Å²) in [6.07, 6.45) is 5.36. The number of rotatable bonds is 8. The number of hydrogen-bond donors (Lipinski definition) is 2. The molecule has 0 aromatic heterocycles. The molecule has 0 radical (unpaired) electrons. The number of hydrogen-bond acceptors (Lipinski definition) is 8. The molecule has 48 heavy (non-hydrogen) atoms. The summed E-state index contributed by atoms with van der Waals surface area (Å²) in [6, 6.07) is 10.7. The van der Waals surface area contributed by atoms with Gasteiger partial charge in [0.1, 0.15) is 11.5 Å². The fourth-order valence-corrected chi connectivity index (χ4v) is 7.88. The predicted molar refractivity (Wildman–Crippen MR) is 186 cm³/mol. The van der Waals surface area contributed by atoms with Crippen molar-refractivity contribution in [2.24, 2.45) is 0 Å². The first kappa shape index (κ1) is 33.5. The SMILES string of the molecule is CCN(c1c(-c2ccc3c(c2)N(C(C)=O)CC32CCOCC2)ccc(C(=O)NCC2=C(OC)C=C(C)NC2=C=O)c1C)C1CCOCC1. The second-order valence-corrected chi connectivity index (χ2v) is 13.2. The summed E-state index contributed by atoms with van der Waals surface area (Å²) in [5, 5.41) is 6.04. The third kappa shape index (κ3) is 6.16. The highest BCUT2D eigenvalue weighted by atomic mass is 16.5. The number of nitrogens with one attached hydrogen (secondary N) is 2. The van der Waals surface area contributed by atoms with Crippen LogP contribution in [0.5, 0.6) is 0 Å². The number of carbonyl (C=O) groups is 2. The lowest BCUT2D eigenvalue weighted by Gasteiger charge is -2.38. The van der Waals surface area contributed by atoms with Gasteiger partial charge in [-0.15, -0.1) is 0 Å². The van der Waals surface area contributed by atoms with Crippen LogP contribution in [0.15, 0.2) is 59.1 Å². The van der Waals surface area contributed by atoms with Gasteiger partial charge < -0.3 is 34.6 Å². The Morgan fingerprint density at radius 1 is 1.10 bits per heavy atom. The minimum atomic E-state index is -0.249. The Bertz CT molecular complexity index is 1710. The van der Waals surface area contributed by atoms with Crippen molar-refractivity contribution in [1.82, 2.24) is 10.6 Å². The molecule has 0 unspecified atom stereocenters. The largest absolute Gasteiger partial charge is 0.496 e. The normalized spacial score (nSPS) is 19.0. The third-order valence-corrected chi connectivity index (χ3v) is 10.4. The summed E-state index contributed by atoms with van der Waals surface area (Å²) in [4.78, 5) is 42.9. The number of carbonyl (C=O) groups excluding carboxylic acids is 3. The molecule has 0 aliphatic carbocycles. The average Bonchev–Trinajstić information content (AvgIpc) is 3.41. The number of allylic oxidation sites excluding steroid dienone is 2. The van der Waals surface area contributed by atoms with Crippen molar-refractivity contribution in [3.8, 4) is 11.1 Å². The lowest BCUT2D eigenvalue weighted by Crippen LogP contribution is -2.40. The van der Waals surface area contributed by atoms with Gasteiger partial charge >= 0.3 is 0 Å². The molecule has 1 spiro atoms. The third-order valence-electron chi connectivity index (χ3n) is 10.4. The summed E-state index contributed by atoms with van der Waals surface area (Å²) >= 11 is 0. The highest BCUT2D eigenvalue weighted by Gasteiger charge is 2.45. The molecular formula is C38H46N4O6. The molecule has 2 fully saturated rings. The number of anilines is 2. The van der Waals surface area contributed by atoms with E-state index in [0.717, 1.165) is 66.0 Å². The van der Waals surface area contributed by atoms with Gasteiger partial charge in [0.15, 0.2) is 5.94 Å². The zero-order valence-electron chi connectivity index (χ0n) is 28.7. The van der Waals surface area contributed by atoms with Gasteiger partial charge in [-0.25, -0.2) is 4.79 Å². The van der Waals surface area contributed by atoms with Crippen molar-refractivity contribution in [3.63, 3.8) is 0 Å². The standard InChI is InChI=1S/C38H46N4O6/c1-6-41(28-11-15-47-16-12-28)36-25(3)29(37(45)39-21-31-33(22-43)40-24(2)19-35(31)46-5)8-9-30(36)27-7-10-32-34(20-27)42(26(4)44)23-38(32)13-17-48-18-14-38/h7-10,19-20,28,40H,6,11-18,21,23H2,1-5H3,(H,39,45). The molecule has 10 heteroatoms. The molecule has 4 heterocycles. The van der Waals surface area contributed by atoms with Crippen LogP contribution in [0, 0.1) is 6.92 Å². The van der Waals surface area contributed by atoms with E-state index in [1.165, 1.54) is 12.7 Å². The maximum absolute atomic E-state index is 13.9. The van der Waals surface area contributed by atoms with Gasteiger partial charge in [0.2, 0.25) is 5.91 Å². The van der Waals surface area contributed by atoms with Gasteiger partial charge in [0.05, 0.1) is 7.11 Å². The van der Waals surface area contributed by atoms with Crippen molar-refractivity contribution in [3.05, 3.63) is 75.8 Å². The fourth-order valence-electron chi connectivity index (χ4n) is 7.88. The minimum Gasteiger partial charge on any atom is -0.496 e. The summed E-state index contributed by atoms with van der Waals surface area (Å²) in [7, 11) is 1.54. The zero-order chi connectivity index (χ0) is 34.0. The molecular weight excluding hydrogens is 608 g/mol. The lowest BCUT2D eigenvalue weighted by molar-refractivity contribution is -0.116. The number of dihydropyridines is 1. The molecule has 2 amide bonds. The van der Waals surface area contributed by atoms with E-state index in [9.17, 15) is 14.4 Å². The Labute approximate surface area is 282 Å². The molecule has 2 saturated heterocycles. The Hall–Kier alpha value is -4.37. The first-order chi connectivity index (χ1) is 23.2. The van der Waals surface area contributed by atoms with Gasteiger partial charge in [0, 0.05) is 98.2 Å². The van der Waals surface area contributed by atoms with Gasteiger partial charge in [-0.1, -0.05) is 18.2 Å². The number of ether oxygens (including phenoxy) is 3. The first-order valence-electron chi connectivity index (χ1n) is 17.0. The topological polar surface area (TPSA) is 109 Å². The Balaban J connectivity index is 1.41. The average molecular weight is 655 g/mol. The molecule has 10 nitrogen and oxygen atoms in total. The van der Waals surface area contributed by atoms with E-state index in [-0.39, 0.29) is 35.5 Å². The molecule has 0 saturated carbocycles. The van der Waals surface area contributed by atoms with Crippen LogP contribution in [0.3, 0.4) is 0 Å². The van der Waals surface area contributed by atoms with Crippen molar-refractivity contribution >= 4 is 29.1 Å². The second-order valence-electron chi connectivity index (χ2n) is 13.2. The molecule has 2 aromatic carbocycles. The van der Waals surface area contributed by atoms with E-state index >= 15 is 0 Å². The number of benzene rings is 2. The van der Waals surface area contributed by atoms with Crippen LogP contribution in [0.1, 0.15) is 67.9 Å². The predicted octanol–water partition coefficient (Wildman–Crippen LogP) is 4.93. The van der Waals surface area contributed by atoms with Crippen molar-refractivity contribution in [2.75, 3.05) is 63.0 Å². The summed E-state index contributed by atoms with van der Waals surface area (Å²) in [5.41, 5.74) is 8.08. The lowest BCUT2D eigenvalue weighted by atomic mass is 9.75. The number of methoxy groups -OCH3 is 1. The van der Waals surface area contributed by atoms with Crippen LogP contribution in [0.25, 0.3) is 11.1 Å². The van der Waals surface area contributed by atoms with Gasteiger partial charge in [-0.05, 0) is 81.4 Å². The minimum absolute atomic E-state index is 0.0377. The van der Waals surface area contributed by atoms with E-state index in [1.54, 1.807) is 13.0 Å². The summed E-state index contributed by atoms with van der Waals surface area (Å²) < 4.78 is 16.9. The molecule has 0 atom stereocenters. The van der Waals surface area contributed by atoms with Crippen molar-refractivity contribution < 1.29 is 28.6 Å². The second kappa shape index (κ2) is 14.0. The smallest absolute Gasteiger partial charge is 0.251 e. The van der Waals surface area contributed by atoms with E-state index in [2.05, 4.69) is 40.7 Å². The maximum atomic E-state index is 13.9. The van der Waals surface area contributed by atoms with E-state index in [0.29, 0.717) is 49.9 Å². The molecule has 4 aliphatic heterocycles. The molecule has 6 rings (SSSR count). The van der Waals surface area contributed by atoms with E-state index < -0.39 is 0 Å². The van der Waals surface area contributed by atoms with E-state index in [4.69, 9.17) is 14.2 Å². The number of fused-ring (bicyclic) bond motifs is 2. The van der Waals surface area contributed by atoms with Crippen LogP contribution < -0.4 is 20.4 Å². The molecule has 254 valence electrons. The number of nitrogens with zero attached hydrogens (tertiary/aromatic N) is 2. The fraction of sp³-hybridized carbons (Fsp3) is 0.474. The van der Waals surface area contributed by atoms with Crippen LogP contribution in [-0.4, -0.2) is 77.0 Å². The number of amides is 2. The molecule has 2 N–H and O–H groups in total. The monoisotopic (exact) mass is 654 g/mol. The van der Waals surface area contributed by atoms with E-state index in [1.807, 2.05) is 36.8 Å². The van der Waals surface area contributed by atoms with Gasteiger partial charge in [-0.2, -0.15) is 0 Å². The molecule has 2 aromatic rings. The van der Waals surface area contributed by atoms with Crippen molar-refractivity contribution in [2.45, 2.75) is 64.8 Å². The van der Waals surface area contributed by atoms with Crippen LogP contribution >= 0.6 is 0 Å². The van der Waals surface area contributed by atoms with Gasteiger partial charge in [0.25, 0.3) is 5.91 Å². The highest BCUT2D eigenvalue weighted by Crippen LogP contribution is 2.49. The highest BCUT2D eigenvalue weighted by molar-refractivity contribution is 6.01. The van der Waals surface area contributed by atoms with Crippen LogP contribution in [-0.2, 0) is 29.2 Å². The van der Waals surface area contributed by atoms with Gasteiger partial charge in [-0.3, -0.25) is 9.59 Å². The zero-order valence-corrected chi connectivity index (χ0v) is 28.7. The Kier molecular flexibility index (Phi) is 9.78. The molecule has 0 bridgehead atoms. The Morgan fingerprint density at radius 2 is 1.83 bits per heavy atom. The summed E-state index contributed by atoms with van der Waals surface area (Å²) in [6.45, 7) is 11.9. The molecule has 4 aliphatic rings. The maximum Gasteiger partial charge on any atom is 0.251 e. The quantitative estimate of drug-likeness (QED) is 0.386. The van der Waals surface area contributed by atoms with Crippen molar-refractivity contribution in [1.29, 1.82) is 0 Å². The Morgan fingerprint density at radius 3 is 2.50 bits per heavy atom. The van der Waals surface area contributed by atoms with Crippen LogP contribution in [0.4, 0.5) is 11.4 Å². The summed E-state index contributed by atoms with van der Waals surface area (Å²) in [5.74, 6) is 2.24. The van der Waals surface area contributed by atoms with Crippen LogP contribution in [0.2, 0.25) is 0 Å². The first-order valence-corrected chi connectivity index (χ1v) is 17.0.